The van der Waals surface area contributed by atoms with Crippen LogP contribution in [0.15, 0.2) is 24.3 Å². The number of hydrogen-bond acceptors (Lipinski definition) is 3. The molecule has 1 unspecified atom stereocenters. The molecular formula is C21H32FN3O2. The van der Waals surface area contributed by atoms with Gasteiger partial charge in [-0.3, -0.25) is 14.5 Å². The predicted molar refractivity (Wildman–Crippen MR) is 106 cm³/mol. The number of nitrogens with zero attached hydrogens (tertiary/aromatic N) is 2. The Morgan fingerprint density at radius 1 is 1.19 bits per heavy atom. The second-order valence-electron chi connectivity index (χ2n) is 8.51. The minimum atomic E-state index is -0.460. The molecular weight excluding hydrogens is 345 g/mol. The normalized spacial score (nSPS) is 18.7. The van der Waals surface area contributed by atoms with Gasteiger partial charge in [0.25, 0.3) is 0 Å². The summed E-state index contributed by atoms with van der Waals surface area (Å²) in [6.45, 7) is 9.12. The van der Waals surface area contributed by atoms with E-state index < -0.39 is 5.91 Å². The third kappa shape index (κ3) is 6.61. The van der Waals surface area contributed by atoms with Crippen LogP contribution in [-0.4, -0.2) is 42.9 Å². The summed E-state index contributed by atoms with van der Waals surface area (Å²) in [7, 11) is 0. The fraction of sp³-hybridized carbons (Fsp3) is 0.619. The summed E-state index contributed by atoms with van der Waals surface area (Å²) in [6.07, 6.45) is 3.41. The van der Waals surface area contributed by atoms with Gasteiger partial charge >= 0.3 is 0 Å². The molecule has 0 bridgehead atoms. The van der Waals surface area contributed by atoms with E-state index in [9.17, 15) is 14.0 Å². The van der Waals surface area contributed by atoms with Gasteiger partial charge < -0.3 is 10.6 Å². The molecule has 1 saturated heterocycles. The highest BCUT2D eigenvalue weighted by molar-refractivity contribution is 5.95. The van der Waals surface area contributed by atoms with Gasteiger partial charge in [0.15, 0.2) is 0 Å². The lowest BCUT2D eigenvalue weighted by atomic mass is 9.77. The van der Waals surface area contributed by atoms with E-state index >= 15 is 0 Å². The highest BCUT2D eigenvalue weighted by Crippen LogP contribution is 2.34. The summed E-state index contributed by atoms with van der Waals surface area (Å²) in [5, 5.41) is 0. The lowest BCUT2D eigenvalue weighted by Crippen LogP contribution is -2.42. The zero-order chi connectivity index (χ0) is 20.0. The van der Waals surface area contributed by atoms with Gasteiger partial charge in [-0.2, -0.15) is 0 Å². The molecule has 27 heavy (non-hydrogen) atoms. The van der Waals surface area contributed by atoms with E-state index in [2.05, 4.69) is 25.7 Å². The molecule has 0 radical (unpaired) electrons. The number of amides is 2. The average molecular weight is 378 g/mol. The van der Waals surface area contributed by atoms with Crippen molar-refractivity contribution in [1.82, 2.24) is 4.90 Å². The first kappa shape index (κ1) is 21.4. The number of carbonyl (C=O) groups excluding carboxylic acids is 2. The van der Waals surface area contributed by atoms with Crippen LogP contribution in [0, 0.1) is 17.2 Å². The molecule has 1 aliphatic heterocycles. The first-order valence-corrected chi connectivity index (χ1v) is 9.73. The van der Waals surface area contributed by atoms with E-state index in [1.807, 2.05) is 0 Å². The third-order valence-electron chi connectivity index (χ3n) is 5.43. The Hall–Kier alpha value is -1.95. The van der Waals surface area contributed by atoms with Crippen LogP contribution in [0.5, 0.6) is 0 Å². The van der Waals surface area contributed by atoms with Gasteiger partial charge in [-0.05, 0) is 68.0 Å². The van der Waals surface area contributed by atoms with Gasteiger partial charge in [0.2, 0.25) is 11.8 Å². The number of nitrogens with two attached hydrogens (primary N) is 1. The SMILES string of the molecule is CC(C)(C)C1CCCN(CC(=O)N(CCC(N)=O)c2ccc(F)cc2)CC1. The van der Waals surface area contributed by atoms with Crippen LogP contribution in [0.25, 0.3) is 0 Å². The molecule has 2 N–H and O–H groups in total. The topological polar surface area (TPSA) is 66.6 Å². The molecule has 1 aliphatic rings. The standard InChI is InChI=1S/C21H32FN3O2/c1-21(2,3)16-5-4-12-24(13-10-16)15-20(27)25(14-11-19(23)26)18-8-6-17(22)7-9-18/h6-9,16H,4-5,10-15H2,1-3H3,(H2,23,26). The van der Waals surface area contributed by atoms with Gasteiger partial charge in [-0.15, -0.1) is 0 Å². The fourth-order valence-corrected chi connectivity index (χ4v) is 3.70. The summed E-state index contributed by atoms with van der Waals surface area (Å²) in [6, 6.07) is 5.76. The van der Waals surface area contributed by atoms with Crippen molar-refractivity contribution in [1.29, 1.82) is 0 Å². The van der Waals surface area contributed by atoms with Crippen LogP contribution in [0.1, 0.15) is 46.5 Å². The Morgan fingerprint density at radius 2 is 1.85 bits per heavy atom. The number of anilines is 1. The molecule has 2 amide bonds. The molecule has 1 aromatic carbocycles. The van der Waals surface area contributed by atoms with Crippen molar-refractivity contribution in [3.05, 3.63) is 30.1 Å². The highest BCUT2D eigenvalue weighted by atomic mass is 19.1. The largest absolute Gasteiger partial charge is 0.370 e. The molecule has 150 valence electrons. The second kappa shape index (κ2) is 9.31. The number of hydrogen-bond donors (Lipinski definition) is 1. The smallest absolute Gasteiger partial charge is 0.241 e. The molecule has 1 aromatic rings. The van der Waals surface area contributed by atoms with E-state index in [0.29, 0.717) is 18.2 Å². The maximum atomic E-state index is 13.2. The summed E-state index contributed by atoms with van der Waals surface area (Å²) in [5.41, 5.74) is 6.12. The van der Waals surface area contributed by atoms with Gasteiger partial charge in [0.05, 0.1) is 6.54 Å². The van der Waals surface area contributed by atoms with Crippen molar-refractivity contribution < 1.29 is 14.0 Å². The van der Waals surface area contributed by atoms with Crippen molar-refractivity contribution in [2.45, 2.75) is 46.5 Å². The third-order valence-corrected chi connectivity index (χ3v) is 5.43. The molecule has 0 saturated carbocycles. The van der Waals surface area contributed by atoms with Crippen molar-refractivity contribution in [2.75, 3.05) is 31.1 Å². The van der Waals surface area contributed by atoms with Crippen molar-refractivity contribution in [2.24, 2.45) is 17.1 Å². The summed E-state index contributed by atoms with van der Waals surface area (Å²) in [5.74, 6) is -0.253. The van der Waals surface area contributed by atoms with E-state index in [0.717, 1.165) is 25.9 Å². The van der Waals surface area contributed by atoms with Crippen LogP contribution in [0.2, 0.25) is 0 Å². The number of benzene rings is 1. The van der Waals surface area contributed by atoms with Gasteiger partial charge in [0.1, 0.15) is 5.82 Å². The van der Waals surface area contributed by atoms with Crippen LogP contribution in [0.3, 0.4) is 0 Å². The van der Waals surface area contributed by atoms with E-state index in [1.54, 1.807) is 12.1 Å². The first-order chi connectivity index (χ1) is 12.7. The van der Waals surface area contributed by atoms with E-state index in [1.165, 1.54) is 23.5 Å². The van der Waals surface area contributed by atoms with E-state index in [-0.39, 0.29) is 30.1 Å². The van der Waals surface area contributed by atoms with Crippen LogP contribution in [-0.2, 0) is 9.59 Å². The molecule has 2 rings (SSSR count). The highest BCUT2D eigenvalue weighted by Gasteiger charge is 2.28. The molecule has 5 nitrogen and oxygen atoms in total. The number of halogens is 1. The van der Waals surface area contributed by atoms with Gasteiger partial charge in [0, 0.05) is 18.7 Å². The Morgan fingerprint density at radius 3 is 2.44 bits per heavy atom. The molecule has 6 heteroatoms. The fourth-order valence-electron chi connectivity index (χ4n) is 3.70. The quantitative estimate of drug-likeness (QED) is 0.828. The summed E-state index contributed by atoms with van der Waals surface area (Å²) in [4.78, 5) is 27.9. The maximum Gasteiger partial charge on any atom is 0.241 e. The zero-order valence-corrected chi connectivity index (χ0v) is 16.7. The number of carbonyl (C=O) groups is 2. The molecule has 1 atom stereocenters. The number of rotatable bonds is 6. The van der Waals surface area contributed by atoms with Crippen molar-refractivity contribution in [3.63, 3.8) is 0 Å². The van der Waals surface area contributed by atoms with Gasteiger partial charge in [-0.25, -0.2) is 4.39 Å². The predicted octanol–water partition coefficient (Wildman–Crippen LogP) is 3.18. The Bertz CT molecular complexity index is 640. The molecule has 1 fully saturated rings. The maximum absolute atomic E-state index is 13.2. The van der Waals surface area contributed by atoms with Gasteiger partial charge in [-0.1, -0.05) is 20.8 Å². The number of likely N-dealkylation sites (tertiary alicyclic amines) is 1. The lowest BCUT2D eigenvalue weighted by molar-refractivity contribution is -0.120. The monoisotopic (exact) mass is 377 g/mol. The van der Waals surface area contributed by atoms with Crippen LogP contribution in [0.4, 0.5) is 10.1 Å². The van der Waals surface area contributed by atoms with Crippen LogP contribution >= 0.6 is 0 Å². The minimum Gasteiger partial charge on any atom is -0.370 e. The average Bonchev–Trinajstić information content (AvgIpc) is 2.82. The summed E-state index contributed by atoms with van der Waals surface area (Å²) >= 11 is 0. The minimum absolute atomic E-state index is 0.0786. The molecule has 0 spiro atoms. The van der Waals surface area contributed by atoms with Crippen LogP contribution < -0.4 is 10.6 Å². The molecule has 1 heterocycles. The second-order valence-corrected chi connectivity index (χ2v) is 8.51. The number of primary amides is 1. The Labute approximate surface area is 161 Å². The Kier molecular flexibility index (Phi) is 7.36. The molecule has 0 aliphatic carbocycles. The van der Waals surface area contributed by atoms with Crippen molar-refractivity contribution >= 4 is 17.5 Å². The Balaban J connectivity index is 2.04. The van der Waals surface area contributed by atoms with Crippen molar-refractivity contribution in [3.8, 4) is 0 Å². The zero-order valence-electron chi connectivity index (χ0n) is 16.7. The molecule has 0 aromatic heterocycles. The lowest BCUT2D eigenvalue weighted by Gasteiger charge is -2.30. The van der Waals surface area contributed by atoms with E-state index in [4.69, 9.17) is 5.73 Å². The summed E-state index contributed by atoms with van der Waals surface area (Å²) < 4.78 is 13.2. The first-order valence-electron chi connectivity index (χ1n) is 9.73.